The third-order valence-corrected chi connectivity index (χ3v) is 3.53. The van der Waals surface area contributed by atoms with Crippen LogP contribution in [0.2, 0.25) is 5.02 Å². The van der Waals surface area contributed by atoms with Crippen LogP contribution in [0.25, 0.3) is 0 Å². The number of hydrogen-bond acceptors (Lipinski definition) is 4. The van der Waals surface area contributed by atoms with E-state index in [2.05, 4.69) is 5.10 Å². The number of rotatable bonds is 2. The molecule has 1 aliphatic heterocycles. The van der Waals surface area contributed by atoms with Gasteiger partial charge in [-0.15, -0.1) is 0 Å². The van der Waals surface area contributed by atoms with Crippen LogP contribution in [0, 0.1) is 5.92 Å². The zero-order chi connectivity index (χ0) is 12.4. The summed E-state index contributed by atoms with van der Waals surface area (Å²) in [5.41, 5.74) is 0.392. The van der Waals surface area contributed by atoms with Crippen molar-refractivity contribution in [3.8, 4) is 0 Å². The molecule has 17 heavy (non-hydrogen) atoms. The number of aryl methyl sites for hydroxylation is 1. The molecule has 0 radical (unpaired) electrons. The maximum atomic E-state index is 11.7. The summed E-state index contributed by atoms with van der Waals surface area (Å²) in [4.78, 5) is 13.7. The van der Waals surface area contributed by atoms with Crippen LogP contribution >= 0.6 is 11.6 Å². The summed E-state index contributed by atoms with van der Waals surface area (Å²) in [6.07, 6.45) is 3.63. The molecule has 0 amide bonds. The van der Waals surface area contributed by atoms with Gasteiger partial charge in [-0.2, -0.15) is 5.10 Å². The van der Waals surface area contributed by atoms with Gasteiger partial charge in [0.05, 0.1) is 11.9 Å². The van der Waals surface area contributed by atoms with Gasteiger partial charge in [-0.3, -0.25) is 4.79 Å². The predicted octanol–water partition coefficient (Wildman–Crippen LogP) is 0.642. The lowest BCUT2D eigenvalue weighted by molar-refractivity contribution is 0.208. The maximum absolute atomic E-state index is 11.7. The van der Waals surface area contributed by atoms with Gasteiger partial charge >= 0.3 is 0 Å². The van der Waals surface area contributed by atoms with E-state index in [1.165, 1.54) is 4.68 Å². The average Bonchev–Trinajstić information content (AvgIpc) is 2.36. The zero-order valence-electron chi connectivity index (χ0n) is 9.77. The van der Waals surface area contributed by atoms with Gasteiger partial charge in [-0.1, -0.05) is 11.6 Å². The second-order valence-electron chi connectivity index (χ2n) is 4.41. The Morgan fingerprint density at radius 2 is 2.41 bits per heavy atom. The van der Waals surface area contributed by atoms with Crippen LogP contribution in [0.4, 0.5) is 5.69 Å². The lowest BCUT2D eigenvalue weighted by atomic mass is 9.99. The summed E-state index contributed by atoms with van der Waals surface area (Å²) in [5, 5.41) is 13.4. The summed E-state index contributed by atoms with van der Waals surface area (Å²) in [5.74, 6) is 0.254. The summed E-state index contributed by atoms with van der Waals surface area (Å²) in [6.45, 7) is 1.75. The van der Waals surface area contributed by atoms with Gasteiger partial charge in [-0.25, -0.2) is 4.68 Å². The van der Waals surface area contributed by atoms with Crippen molar-refractivity contribution >= 4 is 17.3 Å². The van der Waals surface area contributed by atoms with Crippen molar-refractivity contribution < 1.29 is 5.11 Å². The fourth-order valence-electron chi connectivity index (χ4n) is 2.16. The van der Waals surface area contributed by atoms with Crippen LogP contribution in [0.15, 0.2) is 11.0 Å². The van der Waals surface area contributed by atoms with Crippen molar-refractivity contribution in [3.05, 3.63) is 21.6 Å². The van der Waals surface area contributed by atoms with Crippen molar-refractivity contribution in [1.29, 1.82) is 0 Å². The number of aliphatic hydroxyl groups is 1. The van der Waals surface area contributed by atoms with E-state index in [-0.39, 0.29) is 23.1 Å². The Balaban J connectivity index is 2.28. The fraction of sp³-hybridized carbons (Fsp3) is 0.636. The van der Waals surface area contributed by atoms with Gasteiger partial charge < -0.3 is 10.0 Å². The van der Waals surface area contributed by atoms with Crippen LogP contribution in [0.5, 0.6) is 0 Å². The minimum atomic E-state index is -0.282. The van der Waals surface area contributed by atoms with Crippen molar-refractivity contribution in [2.75, 3.05) is 24.6 Å². The van der Waals surface area contributed by atoms with Gasteiger partial charge in [0.1, 0.15) is 5.02 Å². The maximum Gasteiger partial charge on any atom is 0.287 e. The van der Waals surface area contributed by atoms with Crippen LogP contribution in [0.1, 0.15) is 12.8 Å². The predicted molar refractivity (Wildman–Crippen MR) is 66.5 cm³/mol. The molecule has 5 nitrogen and oxygen atoms in total. The van der Waals surface area contributed by atoms with Gasteiger partial charge in [0.2, 0.25) is 0 Å². The molecule has 0 aliphatic carbocycles. The topological polar surface area (TPSA) is 58.4 Å². The molecule has 6 heteroatoms. The van der Waals surface area contributed by atoms with Crippen molar-refractivity contribution in [3.63, 3.8) is 0 Å². The molecule has 1 atom stereocenters. The Bertz CT molecular complexity index is 461. The quantitative estimate of drug-likeness (QED) is 0.845. The van der Waals surface area contributed by atoms with E-state index >= 15 is 0 Å². The molecule has 1 N–H and O–H groups in total. The van der Waals surface area contributed by atoms with Gasteiger partial charge in [0.15, 0.2) is 0 Å². The van der Waals surface area contributed by atoms with Crippen LogP contribution in [0.3, 0.4) is 0 Å². The Kier molecular flexibility index (Phi) is 3.69. The van der Waals surface area contributed by atoms with E-state index in [9.17, 15) is 9.90 Å². The normalized spacial score (nSPS) is 20.6. The fourth-order valence-corrected chi connectivity index (χ4v) is 2.45. The molecule has 0 unspecified atom stereocenters. The van der Waals surface area contributed by atoms with Crippen LogP contribution < -0.4 is 10.5 Å². The van der Waals surface area contributed by atoms with E-state index in [1.807, 2.05) is 4.90 Å². The smallest absolute Gasteiger partial charge is 0.287 e. The molecular weight excluding hydrogens is 242 g/mol. The summed E-state index contributed by atoms with van der Waals surface area (Å²) >= 11 is 6.05. The highest BCUT2D eigenvalue weighted by atomic mass is 35.5. The average molecular weight is 258 g/mol. The first-order chi connectivity index (χ1) is 8.13. The number of aromatic nitrogens is 2. The number of hydrogen-bond donors (Lipinski definition) is 1. The number of piperidine rings is 1. The number of aliphatic hydroxyl groups excluding tert-OH is 1. The van der Waals surface area contributed by atoms with Crippen molar-refractivity contribution in [2.24, 2.45) is 13.0 Å². The Morgan fingerprint density at radius 1 is 1.65 bits per heavy atom. The molecule has 0 bridgehead atoms. The standard InChI is InChI=1S/C11H16ClN3O2/c1-14-11(17)10(12)9(5-13-14)15-4-2-3-8(6-15)7-16/h5,8,16H,2-4,6-7H2,1H3/t8-/m1/s1. The summed E-state index contributed by atoms with van der Waals surface area (Å²) in [7, 11) is 1.57. The molecule has 94 valence electrons. The van der Waals surface area contributed by atoms with Crippen LogP contribution in [-0.4, -0.2) is 34.6 Å². The second kappa shape index (κ2) is 5.06. The number of halogens is 1. The summed E-state index contributed by atoms with van der Waals surface area (Å²) in [6, 6.07) is 0. The van der Waals surface area contributed by atoms with Crippen molar-refractivity contribution in [2.45, 2.75) is 12.8 Å². The Hall–Kier alpha value is -1.07. The van der Waals surface area contributed by atoms with Crippen molar-refractivity contribution in [1.82, 2.24) is 9.78 Å². The highest BCUT2D eigenvalue weighted by molar-refractivity contribution is 6.33. The molecule has 1 fully saturated rings. The minimum absolute atomic E-state index is 0.173. The highest BCUT2D eigenvalue weighted by Crippen LogP contribution is 2.26. The van der Waals surface area contributed by atoms with Gasteiger partial charge in [-0.05, 0) is 18.8 Å². The first kappa shape index (κ1) is 12.4. The molecule has 1 aromatic heterocycles. The zero-order valence-corrected chi connectivity index (χ0v) is 10.5. The number of nitrogens with zero attached hydrogens (tertiary/aromatic N) is 3. The van der Waals surface area contributed by atoms with Gasteiger partial charge in [0, 0.05) is 26.7 Å². The monoisotopic (exact) mass is 257 g/mol. The second-order valence-corrected chi connectivity index (χ2v) is 4.79. The molecule has 2 rings (SSSR count). The molecule has 2 heterocycles. The molecule has 1 aromatic rings. The Morgan fingerprint density at radius 3 is 3.12 bits per heavy atom. The minimum Gasteiger partial charge on any atom is -0.396 e. The van der Waals surface area contributed by atoms with E-state index in [1.54, 1.807) is 13.2 Å². The Labute approximate surface area is 105 Å². The molecule has 1 aliphatic rings. The van der Waals surface area contributed by atoms with E-state index in [0.717, 1.165) is 25.9 Å². The molecule has 0 aromatic carbocycles. The molecular formula is C11H16ClN3O2. The first-order valence-electron chi connectivity index (χ1n) is 5.71. The van der Waals surface area contributed by atoms with E-state index in [0.29, 0.717) is 5.69 Å². The van der Waals surface area contributed by atoms with Crippen LogP contribution in [-0.2, 0) is 7.05 Å². The molecule has 1 saturated heterocycles. The van der Waals surface area contributed by atoms with Gasteiger partial charge in [0.25, 0.3) is 5.56 Å². The third-order valence-electron chi connectivity index (χ3n) is 3.18. The summed E-state index contributed by atoms with van der Waals surface area (Å²) < 4.78 is 1.22. The molecule has 0 saturated carbocycles. The lowest BCUT2D eigenvalue weighted by Gasteiger charge is -2.33. The number of anilines is 1. The largest absolute Gasteiger partial charge is 0.396 e. The van der Waals surface area contributed by atoms with E-state index in [4.69, 9.17) is 11.6 Å². The van der Waals surface area contributed by atoms with E-state index < -0.39 is 0 Å². The lowest BCUT2D eigenvalue weighted by Crippen LogP contribution is -2.38. The third kappa shape index (κ3) is 2.45. The highest BCUT2D eigenvalue weighted by Gasteiger charge is 2.22. The molecule has 0 spiro atoms. The first-order valence-corrected chi connectivity index (χ1v) is 6.09. The SMILES string of the molecule is Cn1ncc(N2CCC[C@@H](CO)C2)c(Cl)c1=O.